The number of pyridine rings is 1. The lowest BCUT2D eigenvalue weighted by Gasteiger charge is -2.12. The number of halogens is 1. The molecule has 0 saturated carbocycles. The summed E-state index contributed by atoms with van der Waals surface area (Å²) in [5, 5.41) is 8.37. The number of hydrogen-bond donors (Lipinski definition) is 3. The highest BCUT2D eigenvalue weighted by Gasteiger charge is 2.15. The van der Waals surface area contributed by atoms with E-state index < -0.39 is 11.8 Å². The summed E-state index contributed by atoms with van der Waals surface area (Å²) in [5.74, 6) is -0.751. The second-order valence-corrected chi connectivity index (χ2v) is 9.95. The molecule has 1 heterocycles. The van der Waals surface area contributed by atoms with Gasteiger partial charge in [0, 0.05) is 38.7 Å². The second-order valence-electron chi connectivity index (χ2n) is 7.98. The average Bonchev–Trinajstić information content (AvgIpc) is 2.93. The summed E-state index contributed by atoms with van der Waals surface area (Å²) in [6.45, 7) is 0. The summed E-state index contributed by atoms with van der Waals surface area (Å²) in [7, 11) is 0. The SMILES string of the molecule is O=C(CSc1ccc(NC(=O)/C(=C/c2cccc(Br)c2)NC(=O)c2ccccc2)cc1)Nc1ccncc1. The first-order valence-corrected chi connectivity index (χ1v) is 13.3. The van der Waals surface area contributed by atoms with E-state index in [1.807, 2.05) is 42.5 Å². The van der Waals surface area contributed by atoms with Crippen LogP contribution in [0.3, 0.4) is 0 Å². The zero-order chi connectivity index (χ0) is 26.7. The topological polar surface area (TPSA) is 100 Å². The molecule has 0 saturated heterocycles. The van der Waals surface area contributed by atoms with Gasteiger partial charge >= 0.3 is 0 Å². The predicted octanol–water partition coefficient (Wildman–Crippen LogP) is 5.98. The Kier molecular flexibility index (Phi) is 9.44. The van der Waals surface area contributed by atoms with E-state index in [0.29, 0.717) is 16.9 Å². The van der Waals surface area contributed by atoms with Gasteiger partial charge < -0.3 is 16.0 Å². The van der Waals surface area contributed by atoms with Crippen LogP contribution in [0.2, 0.25) is 0 Å². The van der Waals surface area contributed by atoms with E-state index in [4.69, 9.17) is 0 Å². The molecule has 3 aromatic carbocycles. The third-order valence-corrected chi connectivity index (χ3v) is 6.64. The molecule has 0 fully saturated rings. The standard InChI is InChI=1S/C29H23BrN4O3S/c30-22-8-4-5-20(17-22)18-26(34-28(36)21-6-2-1-3-7-21)29(37)33-23-9-11-25(12-10-23)38-19-27(35)32-24-13-15-31-16-14-24/h1-18H,19H2,(H,33,37)(H,34,36)(H,31,32,35)/b26-18-. The Morgan fingerprint density at radius 3 is 2.24 bits per heavy atom. The molecule has 0 bridgehead atoms. The van der Waals surface area contributed by atoms with E-state index in [0.717, 1.165) is 14.9 Å². The van der Waals surface area contributed by atoms with Crippen LogP contribution in [0.15, 0.2) is 118 Å². The van der Waals surface area contributed by atoms with Crippen LogP contribution in [0.1, 0.15) is 15.9 Å². The molecule has 38 heavy (non-hydrogen) atoms. The minimum atomic E-state index is -0.466. The monoisotopic (exact) mass is 586 g/mol. The lowest BCUT2D eigenvalue weighted by molar-refractivity contribution is -0.114. The van der Waals surface area contributed by atoms with Crippen LogP contribution in [0.5, 0.6) is 0 Å². The molecule has 4 rings (SSSR count). The molecular formula is C29H23BrN4O3S. The number of rotatable bonds is 9. The molecule has 3 amide bonds. The number of nitrogens with one attached hydrogen (secondary N) is 3. The van der Waals surface area contributed by atoms with Crippen molar-refractivity contribution in [2.75, 3.05) is 16.4 Å². The minimum Gasteiger partial charge on any atom is -0.325 e. The van der Waals surface area contributed by atoms with Crippen molar-refractivity contribution in [3.63, 3.8) is 0 Å². The van der Waals surface area contributed by atoms with E-state index in [2.05, 4.69) is 36.9 Å². The average molecular weight is 587 g/mol. The van der Waals surface area contributed by atoms with Gasteiger partial charge in [0.2, 0.25) is 5.91 Å². The summed E-state index contributed by atoms with van der Waals surface area (Å²) in [6, 6.07) is 26.7. The molecular weight excluding hydrogens is 564 g/mol. The Labute approximate surface area is 232 Å². The Morgan fingerprint density at radius 1 is 0.816 bits per heavy atom. The largest absolute Gasteiger partial charge is 0.325 e. The molecule has 0 aliphatic rings. The first-order chi connectivity index (χ1) is 18.5. The Morgan fingerprint density at radius 2 is 1.53 bits per heavy atom. The normalized spacial score (nSPS) is 10.9. The van der Waals surface area contributed by atoms with Crippen molar-refractivity contribution in [1.82, 2.24) is 10.3 Å². The van der Waals surface area contributed by atoms with E-state index >= 15 is 0 Å². The van der Waals surface area contributed by atoms with Gasteiger partial charge in [-0.25, -0.2) is 0 Å². The summed E-state index contributed by atoms with van der Waals surface area (Å²) in [4.78, 5) is 42.9. The maximum atomic E-state index is 13.2. The number of hydrogen-bond acceptors (Lipinski definition) is 5. The van der Waals surface area contributed by atoms with Crippen LogP contribution in [-0.2, 0) is 9.59 Å². The molecule has 0 atom stereocenters. The van der Waals surface area contributed by atoms with Gasteiger partial charge in [-0.05, 0) is 72.3 Å². The lowest BCUT2D eigenvalue weighted by Crippen LogP contribution is -2.30. The van der Waals surface area contributed by atoms with Crippen molar-refractivity contribution in [3.8, 4) is 0 Å². The highest BCUT2D eigenvalue weighted by atomic mass is 79.9. The number of carbonyl (C=O) groups excluding carboxylic acids is 3. The Balaban J connectivity index is 1.41. The van der Waals surface area contributed by atoms with Gasteiger partial charge in [0.1, 0.15) is 5.70 Å². The van der Waals surface area contributed by atoms with Crippen LogP contribution in [0.25, 0.3) is 6.08 Å². The van der Waals surface area contributed by atoms with Crippen molar-refractivity contribution >= 4 is 62.9 Å². The van der Waals surface area contributed by atoms with Crippen LogP contribution in [0.4, 0.5) is 11.4 Å². The number of anilines is 2. The Bertz CT molecular complexity index is 1450. The first kappa shape index (κ1) is 26.8. The third kappa shape index (κ3) is 8.16. The lowest BCUT2D eigenvalue weighted by atomic mass is 10.1. The van der Waals surface area contributed by atoms with E-state index in [-0.39, 0.29) is 17.4 Å². The van der Waals surface area contributed by atoms with Crippen molar-refractivity contribution in [2.24, 2.45) is 0 Å². The number of carbonyl (C=O) groups is 3. The number of thioether (sulfide) groups is 1. The zero-order valence-electron chi connectivity index (χ0n) is 20.1. The number of amides is 3. The first-order valence-electron chi connectivity index (χ1n) is 11.5. The number of nitrogens with zero attached hydrogens (tertiary/aromatic N) is 1. The van der Waals surface area contributed by atoms with Gasteiger partial charge in [0.05, 0.1) is 5.75 Å². The fraction of sp³-hybridized carbons (Fsp3) is 0.0345. The zero-order valence-corrected chi connectivity index (χ0v) is 22.5. The molecule has 0 spiro atoms. The van der Waals surface area contributed by atoms with Crippen LogP contribution in [0, 0.1) is 0 Å². The number of aromatic nitrogens is 1. The highest BCUT2D eigenvalue weighted by Crippen LogP contribution is 2.21. The summed E-state index contributed by atoms with van der Waals surface area (Å²) < 4.78 is 0.850. The van der Waals surface area contributed by atoms with Crippen LogP contribution in [-0.4, -0.2) is 28.5 Å². The molecule has 1 aromatic heterocycles. The smallest absolute Gasteiger partial charge is 0.272 e. The predicted molar refractivity (Wildman–Crippen MR) is 155 cm³/mol. The maximum Gasteiger partial charge on any atom is 0.272 e. The van der Waals surface area contributed by atoms with Gasteiger partial charge in [-0.1, -0.05) is 46.3 Å². The molecule has 0 radical (unpaired) electrons. The molecule has 3 N–H and O–H groups in total. The van der Waals surface area contributed by atoms with E-state index in [1.54, 1.807) is 67.0 Å². The van der Waals surface area contributed by atoms with Gasteiger partial charge in [0.15, 0.2) is 0 Å². The summed E-state index contributed by atoms with van der Waals surface area (Å²) >= 11 is 4.81. The fourth-order valence-corrected chi connectivity index (χ4v) is 4.43. The summed E-state index contributed by atoms with van der Waals surface area (Å²) in [6.07, 6.45) is 4.84. The molecule has 0 aliphatic carbocycles. The Hall–Kier alpha value is -4.21. The van der Waals surface area contributed by atoms with Crippen molar-refractivity contribution in [3.05, 3.63) is 125 Å². The van der Waals surface area contributed by atoms with Gasteiger partial charge in [-0.3, -0.25) is 19.4 Å². The number of benzene rings is 3. The van der Waals surface area contributed by atoms with Gasteiger partial charge in [-0.15, -0.1) is 11.8 Å². The third-order valence-electron chi connectivity index (χ3n) is 5.13. The van der Waals surface area contributed by atoms with Gasteiger partial charge in [-0.2, -0.15) is 0 Å². The van der Waals surface area contributed by atoms with Crippen molar-refractivity contribution in [2.45, 2.75) is 4.90 Å². The van der Waals surface area contributed by atoms with E-state index in [9.17, 15) is 14.4 Å². The summed E-state index contributed by atoms with van der Waals surface area (Å²) in [5.41, 5.74) is 2.53. The van der Waals surface area contributed by atoms with Crippen LogP contribution >= 0.6 is 27.7 Å². The maximum absolute atomic E-state index is 13.2. The molecule has 0 aliphatic heterocycles. The second kappa shape index (κ2) is 13.4. The van der Waals surface area contributed by atoms with E-state index in [1.165, 1.54) is 11.8 Å². The van der Waals surface area contributed by atoms with Crippen molar-refractivity contribution < 1.29 is 14.4 Å². The van der Waals surface area contributed by atoms with Crippen LogP contribution < -0.4 is 16.0 Å². The quantitative estimate of drug-likeness (QED) is 0.165. The molecule has 190 valence electrons. The fourth-order valence-electron chi connectivity index (χ4n) is 3.32. The molecule has 0 unspecified atom stereocenters. The molecule has 9 heteroatoms. The van der Waals surface area contributed by atoms with Gasteiger partial charge in [0.25, 0.3) is 11.8 Å². The minimum absolute atomic E-state index is 0.100. The van der Waals surface area contributed by atoms with Crippen molar-refractivity contribution in [1.29, 1.82) is 0 Å². The highest BCUT2D eigenvalue weighted by molar-refractivity contribution is 9.10. The molecule has 4 aromatic rings. The molecule has 7 nitrogen and oxygen atoms in total.